The fourth-order valence-corrected chi connectivity index (χ4v) is 4.42. The Morgan fingerprint density at radius 3 is 2.45 bits per heavy atom. The molecule has 2 aromatic rings. The third kappa shape index (κ3) is 2.89. The molecule has 0 unspecified atom stereocenters. The fourth-order valence-electron chi connectivity index (χ4n) is 1.64. The molecule has 0 atom stereocenters. The molecule has 1 aromatic carbocycles. The number of rotatable bonds is 3. The highest BCUT2D eigenvalue weighted by molar-refractivity contribution is 9.11. The minimum Gasteiger partial charge on any atom is -0.253 e. The Balaban J connectivity index is 2.54. The Morgan fingerprint density at radius 1 is 1.15 bits per heavy atom. The van der Waals surface area contributed by atoms with Gasteiger partial charge in [-0.25, -0.2) is 13.4 Å². The van der Waals surface area contributed by atoms with Gasteiger partial charge < -0.3 is 0 Å². The van der Waals surface area contributed by atoms with Crippen LogP contribution in [0.1, 0.15) is 5.56 Å². The zero-order valence-corrected chi connectivity index (χ0v) is 14.8. The quantitative estimate of drug-likeness (QED) is 0.761. The summed E-state index contributed by atoms with van der Waals surface area (Å²) >= 11 is 6.67. The predicted molar refractivity (Wildman–Crippen MR) is 86.4 cm³/mol. The number of hydrogen-bond donors (Lipinski definition) is 0. The molecule has 106 valence electrons. The third-order valence-electron chi connectivity index (χ3n) is 2.82. The maximum absolute atomic E-state index is 12.7. The summed E-state index contributed by atoms with van der Waals surface area (Å²) in [6.07, 6.45) is 1.56. The van der Waals surface area contributed by atoms with E-state index in [0.717, 1.165) is 14.3 Å². The van der Waals surface area contributed by atoms with Crippen LogP contribution in [0.4, 0.5) is 5.82 Å². The van der Waals surface area contributed by atoms with Crippen molar-refractivity contribution in [3.63, 3.8) is 0 Å². The molecule has 0 saturated carbocycles. The number of hydrogen-bond acceptors (Lipinski definition) is 3. The molecule has 0 bridgehead atoms. The molecule has 0 aliphatic carbocycles. The molecular weight excluding hydrogens is 408 g/mol. The molecule has 1 heterocycles. The van der Waals surface area contributed by atoms with E-state index in [2.05, 4.69) is 36.8 Å². The van der Waals surface area contributed by atoms with Crippen LogP contribution >= 0.6 is 31.9 Å². The fraction of sp³-hybridized carbons (Fsp3) is 0.154. The topological polar surface area (TPSA) is 50.3 Å². The lowest BCUT2D eigenvalue weighted by Gasteiger charge is -2.19. The minimum atomic E-state index is -3.67. The molecule has 0 amide bonds. The molecule has 0 N–H and O–H groups in total. The minimum absolute atomic E-state index is 0.197. The average molecular weight is 420 g/mol. The first-order valence-corrected chi connectivity index (χ1v) is 8.72. The van der Waals surface area contributed by atoms with E-state index in [1.807, 2.05) is 6.92 Å². The molecule has 0 aliphatic heterocycles. The number of aryl methyl sites for hydroxylation is 1. The zero-order valence-electron chi connectivity index (χ0n) is 10.8. The van der Waals surface area contributed by atoms with Gasteiger partial charge in [0.15, 0.2) is 0 Å². The van der Waals surface area contributed by atoms with Gasteiger partial charge in [0, 0.05) is 22.2 Å². The Hall–Kier alpha value is -0.920. The number of pyridine rings is 1. The number of aromatic nitrogens is 1. The van der Waals surface area contributed by atoms with Crippen LogP contribution in [-0.2, 0) is 10.0 Å². The first kappa shape index (κ1) is 15.5. The molecule has 0 fully saturated rings. The summed E-state index contributed by atoms with van der Waals surface area (Å²) in [5, 5.41) is 0. The molecule has 4 nitrogen and oxygen atoms in total. The standard InChI is InChI=1S/C13H12Br2N2O2S/c1-9-7-11(15)12(8-10(9)14)20(18,19)17(2)13-5-3-4-6-16-13/h3-8H,1-2H3. The largest absolute Gasteiger partial charge is 0.266 e. The van der Waals surface area contributed by atoms with Gasteiger partial charge in [0.2, 0.25) is 0 Å². The van der Waals surface area contributed by atoms with Crippen molar-refractivity contribution in [1.29, 1.82) is 0 Å². The van der Waals surface area contributed by atoms with E-state index in [4.69, 9.17) is 0 Å². The van der Waals surface area contributed by atoms with E-state index in [1.165, 1.54) is 7.05 Å². The monoisotopic (exact) mass is 418 g/mol. The number of sulfonamides is 1. The van der Waals surface area contributed by atoms with Crippen LogP contribution in [0.25, 0.3) is 0 Å². The van der Waals surface area contributed by atoms with E-state index in [9.17, 15) is 8.42 Å². The van der Waals surface area contributed by atoms with Gasteiger partial charge in [-0.3, -0.25) is 4.31 Å². The molecule has 0 aliphatic rings. The van der Waals surface area contributed by atoms with E-state index in [-0.39, 0.29) is 4.90 Å². The summed E-state index contributed by atoms with van der Waals surface area (Å²) in [6.45, 7) is 1.90. The summed E-state index contributed by atoms with van der Waals surface area (Å²) in [5.74, 6) is 0.371. The lowest BCUT2D eigenvalue weighted by atomic mass is 10.2. The van der Waals surface area contributed by atoms with Gasteiger partial charge in [0.05, 0.1) is 0 Å². The van der Waals surface area contributed by atoms with Crippen molar-refractivity contribution in [2.24, 2.45) is 0 Å². The summed E-state index contributed by atoms with van der Waals surface area (Å²) in [4.78, 5) is 4.26. The molecule has 1 aromatic heterocycles. The van der Waals surface area contributed by atoms with Crippen molar-refractivity contribution in [3.05, 3.63) is 51.0 Å². The number of benzene rings is 1. The van der Waals surface area contributed by atoms with Crippen LogP contribution in [0.15, 0.2) is 50.4 Å². The van der Waals surface area contributed by atoms with Crippen molar-refractivity contribution < 1.29 is 8.42 Å². The van der Waals surface area contributed by atoms with E-state index in [1.54, 1.807) is 36.5 Å². The normalized spacial score (nSPS) is 11.4. The lowest BCUT2D eigenvalue weighted by Crippen LogP contribution is -2.27. The molecule has 20 heavy (non-hydrogen) atoms. The zero-order chi connectivity index (χ0) is 14.9. The second kappa shape index (κ2) is 5.83. The van der Waals surface area contributed by atoms with Crippen LogP contribution < -0.4 is 4.31 Å². The third-order valence-corrected chi connectivity index (χ3v) is 6.40. The Kier molecular flexibility index (Phi) is 4.51. The number of halogens is 2. The molecule has 7 heteroatoms. The molecule has 2 rings (SSSR count). The maximum atomic E-state index is 12.7. The highest BCUT2D eigenvalue weighted by Gasteiger charge is 2.25. The highest BCUT2D eigenvalue weighted by atomic mass is 79.9. The maximum Gasteiger partial charge on any atom is 0.266 e. The molecule has 0 spiro atoms. The number of anilines is 1. The van der Waals surface area contributed by atoms with Crippen LogP contribution in [-0.4, -0.2) is 20.4 Å². The van der Waals surface area contributed by atoms with Crippen molar-refractivity contribution in [2.45, 2.75) is 11.8 Å². The van der Waals surface area contributed by atoms with Crippen LogP contribution in [0.5, 0.6) is 0 Å². The second-order valence-electron chi connectivity index (χ2n) is 4.19. The summed E-state index contributed by atoms with van der Waals surface area (Å²) < 4.78 is 27.7. The van der Waals surface area contributed by atoms with Crippen LogP contribution in [0.2, 0.25) is 0 Å². The van der Waals surface area contributed by atoms with Crippen molar-refractivity contribution in [1.82, 2.24) is 4.98 Å². The first-order chi connectivity index (χ1) is 9.34. The Bertz CT molecular complexity index is 734. The van der Waals surface area contributed by atoms with Gasteiger partial charge in [-0.05, 0) is 52.7 Å². The van der Waals surface area contributed by atoms with E-state index >= 15 is 0 Å². The average Bonchev–Trinajstić information content (AvgIpc) is 2.42. The molecular formula is C13H12Br2N2O2S. The summed E-state index contributed by atoms with van der Waals surface area (Å²) in [6, 6.07) is 8.49. The summed E-state index contributed by atoms with van der Waals surface area (Å²) in [7, 11) is -2.18. The van der Waals surface area contributed by atoms with Gasteiger partial charge in [0.25, 0.3) is 10.0 Å². The second-order valence-corrected chi connectivity index (χ2v) is 7.84. The number of nitrogens with zero attached hydrogens (tertiary/aromatic N) is 2. The summed E-state index contributed by atoms with van der Waals surface area (Å²) in [5.41, 5.74) is 0.955. The Labute approximate surface area is 135 Å². The van der Waals surface area contributed by atoms with Gasteiger partial charge in [0.1, 0.15) is 10.7 Å². The van der Waals surface area contributed by atoms with E-state index < -0.39 is 10.0 Å². The molecule has 0 saturated heterocycles. The van der Waals surface area contributed by atoms with Crippen LogP contribution in [0, 0.1) is 6.92 Å². The highest BCUT2D eigenvalue weighted by Crippen LogP contribution is 2.31. The van der Waals surface area contributed by atoms with Gasteiger partial charge in [-0.1, -0.05) is 22.0 Å². The molecule has 0 radical (unpaired) electrons. The lowest BCUT2D eigenvalue weighted by molar-refractivity contribution is 0.593. The van der Waals surface area contributed by atoms with E-state index in [0.29, 0.717) is 10.3 Å². The van der Waals surface area contributed by atoms with Gasteiger partial charge >= 0.3 is 0 Å². The van der Waals surface area contributed by atoms with Gasteiger partial charge in [-0.2, -0.15) is 0 Å². The van der Waals surface area contributed by atoms with Crippen molar-refractivity contribution in [2.75, 3.05) is 11.4 Å². The van der Waals surface area contributed by atoms with Crippen molar-refractivity contribution in [3.8, 4) is 0 Å². The van der Waals surface area contributed by atoms with Crippen LogP contribution in [0.3, 0.4) is 0 Å². The SMILES string of the molecule is Cc1cc(Br)c(S(=O)(=O)N(C)c2ccccn2)cc1Br. The smallest absolute Gasteiger partial charge is 0.253 e. The Morgan fingerprint density at radius 2 is 1.85 bits per heavy atom. The van der Waals surface area contributed by atoms with Crippen molar-refractivity contribution >= 4 is 47.7 Å². The van der Waals surface area contributed by atoms with Gasteiger partial charge in [-0.15, -0.1) is 0 Å². The predicted octanol–water partition coefficient (Wildman–Crippen LogP) is 3.74. The first-order valence-electron chi connectivity index (χ1n) is 5.69.